The van der Waals surface area contributed by atoms with Gasteiger partial charge < -0.3 is 4.74 Å². The van der Waals surface area contributed by atoms with Gasteiger partial charge in [0.2, 0.25) is 0 Å². The Kier molecular flexibility index (Phi) is 4.08. The minimum atomic E-state index is 0.0381. The summed E-state index contributed by atoms with van der Waals surface area (Å²) in [4.78, 5) is 12.7. The van der Waals surface area contributed by atoms with E-state index in [1.54, 1.807) is 11.3 Å². The van der Waals surface area contributed by atoms with Gasteiger partial charge in [-0.1, -0.05) is 18.2 Å². The number of ether oxygens (including phenoxy) is 1. The van der Waals surface area contributed by atoms with Gasteiger partial charge in [-0.2, -0.15) is 0 Å². The largest absolute Gasteiger partial charge is 0.493 e. The van der Waals surface area contributed by atoms with Gasteiger partial charge in [0.25, 0.3) is 0 Å². The smallest absolute Gasteiger partial charge is 0.194 e. The van der Waals surface area contributed by atoms with Crippen LogP contribution in [0.4, 0.5) is 0 Å². The van der Waals surface area contributed by atoms with E-state index in [0.29, 0.717) is 12.2 Å². The van der Waals surface area contributed by atoms with Gasteiger partial charge in [-0.3, -0.25) is 4.79 Å². The van der Waals surface area contributed by atoms with Crippen molar-refractivity contribution in [2.45, 2.75) is 6.92 Å². The SMILES string of the molecule is CCOc1ccc(C(=O)c2csc3ccccc23)cc1Br. The normalized spacial score (nSPS) is 10.8. The maximum Gasteiger partial charge on any atom is 0.194 e. The van der Waals surface area contributed by atoms with E-state index in [4.69, 9.17) is 4.74 Å². The third kappa shape index (κ3) is 2.74. The standard InChI is InChI=1S/C17H13BrO2S/c1-2-20-15-8-7-11(9-14(15)18)17(19)13-10-21-16-6-4-3-5-12(13)16/h3-10H,2H2,1H3. The van der Waals surface area contributed by atoms with Crippen LogP contribution in [0.5, 0.6) is 5.75 Å². The fraction of sp³-hybridized carbons (Fsp3) is 0.118. The van der Waals surface area contributed by atoms with Crippen molar-refractivity contribution in [3.8, 4) is 5.75 Å². The molecule has 1 aromatic heterocycles. The molecule has 0 atom stereocenters. The molecule has 21 heavy (non-hydrogen) atoms. The average Bonchev–Trinajstić information content (AvgIpc) is 2.93. The Balaban J connectivity index is 2.00. The number of fused-ring (bicyclic) bond motifs is 1. The summed E-state index contributed by atoms with van der Waals surface area (Å²) in [5.41, 5.74) is 1.42. The molecule has 2 nitrogen and oxygen atoms in total. The lowest BCUT2D eigenvalue weighted by Crippen LogP contribution is -2.01. The predicted molar refractivity (Wildman–Crippen MR) is 90.6 cm³/mol. The van der Waals surface area contributed by atoms with Gasteiger partial charge in [-0.25, -0.2) is 0 Å². The lowest BCUT2D eigenvalue weighted by molar-refractivity contribution is 0.104. The van der Waals surface area contributed by atoms with Crippen LogP contribution in [0.1, 0.15) is 22.8 Å². The van der Waals surface area contributed by atoms with Crippen LogP contribution >= 0.6 is 27.3 Å². The Morgan fingerprint density at radius 2 is 2.05 bits per heavy atom. The van der Waals surface area contributed by atoms with E-state index in [1.165, 1.54) is 0 Å². The van der Waals surface area contributed by atoms with Crippen LogP contribution in [0, 0.1) is 0 Å². The molecule has 0 saturated carbocycles. The highest BCUT2D eigenvalue weighted by molar-refractivity contribution is 9.10. The number of benzene rings is 2. The topological polar surface area (TPSA) is 26.3 Å². The summed E-state index contributed by atoms with van der Waals surface area (Å²) in [7, 11) is 0. The van der Waals surface area contributed by atoms with Crippen molar-refractivity contribution in [1.29, 1.82) is 0 Å². The highest BCUT2D eigenvalue weighted by Crippen LogP contribution is 2.30. The molecule has 0 unspecified atom stereocenters. The molecule has 0 fully saturated rings. The van der Waals surface area contributed by atoms with Crippen molar-refractivity contribution in [3.63, 3.8) is 0 Å². The first-order chi connectivity index (χ1) is 10.2. The monoisotopic (exact) mass is 360 g/mol. The molecule has 0 N–H and O–H groups in total. The lowest BCUT2D eigenvalue weighted by Gasteiger charge is -2.07. The molecule has 0 spiro atoms. The summed E-state index contributed by atoms with van der Waals surface area (Å²) in [5.74, 6) is 0.792. The summed E-state index contributed by atoms with van der Waals surface area (Å²) in [6.45, 7) is 2.53. The lowest BCUT2D eigenvalue weighted by atomic mass is 10.0. The van der Waals surface area contributed by atoms with Crippen LogP contribution in [0.15, 0.2) is 52.3 Å². The van der Waals surface area contributed by atoms with Crippen molar-refractivity contribution in [3.05, 3.63) is 63.4 Å². The van der Waals surface area contributed by atoms with Crippen molar-refractivity contribution in [1.82, 2.24) is 0 Å². The van der Waals surface area contributed by atoms with Gasteiger partial charge in [0.1, 0.15) is 5.75 Å². The van der Waals surface area contributed by atoms with Gasteiger partial charge in [-0.05, 0) is 47.1 Å². The van der Waals surface area contributed by atoms with E-state index < -0.39 is 0 Å². The fourth-order valence-corrected chi connectivity index (χ4v) is 3.66. The number of hydrogen-bond acceptors (Lipinski definition) is 3. The Morgan fingerprint density at radius 3 is 2.81 bits per heavy atom. The second-order valence-corrected chi connectivity index (χ2v) is 6.32. The van der Waals surface area contributed by atoms with Crippen LogP contribution in [-0.4, -0.2) is 12.4 Å². The quantitative estimate of drug-likeness (QED) is 0.590. The molecule has 4 heteroatoms. The van der Waals surface area contributed by atoms with Crippen molar-refractivity contribution in [2.24, 2.45) is 0 Å². The molecule has 3 rings (SSSR count). The minimum absolute atomic E-state index is 0.0381. The van der Waals surface area contributed by atoms with E-state index in [-0.39, 0.29) is 5.78 Å². The van der Waals surface area contributed by atoms with Crippen LogP contribution in [-0.2, 0) is 0 Å². The molecule has 0 radical (unpaired) electrons. The number of rotatable bonds is 4. The molecule has 106 valence electrons. The molecule has 3 aromatic rings. The molecule has 0 aliphatic carbocycles. The predicted octanol–water partition coefficient (Wildman–Crippen LogP) is 5.29. The van der Waals surface area contributed by atoms with Crippen LogP contribution in [0.2, 0.25) is 0 Å². The van der Waals surface area contributed by atoms with Gasteiger partial charge in [0.15, 0.2) is 5.78 Å². The Morgan fingerprint density at radius 1 is 1.24 bits per heavy atom. The molecular weight excluding hydrogens is 348 g/mol. The van der Waals surface area contributed by atoms with E-state index in [0.717, 1.165) is 25.9 Å². The maximum absolute atomic E-state index is 12.7. The number of hydrogen-bond donors (Lipinski definition) is 0. The van der Waals surface area contributed by atoms with Crippen molar-refractivity contribution < 1.29 is 9.53 Å². The summed E-state index contributed by atoms with van der Waals surface area (Å²) < 4.78 is 7.41. The van der Waals surface area contributed by atoms with E-state index >= 15 is 0 Å². The number of ketones is 1. The number of thiophene rings is 1. The van der Waals surface area contributed by atoms with Crippen LogP contribution in [0.3, 0.4) is 0 Å². The second-order valence-electron chi connectivity index (χ2n) is 4.55. The molecule has 2 aromatic carbocycles. The summed E-state index contributed by atoms with van der Waals surface area (Å²) in [5, 5.41) is 2.94. The Bertz CT molecular complexity index is 807. The molecule has 1 heterocycles. The zero-order valence-corrected chi connectivity index (χ0v) is 13.8. The van der Waals surface area contributed by atoms with E-state index in [1.807, 2.05) is 54.8 Å². The zero-order chi connectivity index (χ0) is 14.8. The molecule has 0 aliphatic rings. The van der Waals surface area contributed by atoms with Crippen LogP contribution in [0.25, 0.3) is 10.1 Å². The molecule has 0 saturated heterocycles. The van der Waals surface area contributed by atoms with Gasteiger partial charge in [0.05, 0.1) is 11.1 Å². The molecule has 0 aliphatic heterocycles. The van der Waals surface area contributed by atoms with Crippen molar-refractivity contribution in [2.75, 3.05) is 6.61 Å². The third-order valence-electron chi connectivity index (χ3n) is 3.22. The first-order valence-corrected chi connectivity index (χ1v) is 8.31. The first-order valence-electron chi connectivity index (χ1n) is 6.64. The molecule has 0 bridgehead atoms. The number of carbonyl (C=O) groups excluding carboxylic acids is 1. The van der Waals surface area contributed by atoms with Crippen LogP contribution < -0.4 is 4.74 Å². The highest BCUT2D eigenvalue weighted by atomic mass is 79.9. The maximum atomic E-state index is 12.7. The van der Waals surface area contributed by atoms with Gasteiger partial charge >= 0.3 is 0 Å². The minimum Gasteiger partial charge on any atom is -0.493 e. The third-order valence-corrected chi connectivity index (χ3v) is 4.80. The number of carbonyl (C=O) groups is 1. The summed E-state index contributed by atoms with van der Waals surface area (Å²) >= 11 is 5.05. The molecule has 0 amide bonds. The van der Waals surface area contributed by atoms with Crippen molar-refractivity contribution >= 4 is 43.1 Å². The van der Waals surface area contributed by atoms with Gasteiger partial charge in [0, 0.05) is 26.6 Å². The Labute approximate surface area is 135 Å². The van der Waals surface area contributed by atoms with Gasteiger partial charge in [-0.15, -0.1) is 11.3 Å². The highest BCUT2D eigenvalue weighted by Gasteiger charge is 2.15. The fourth-order valence-electron chi connectivity index (χ4n) is 2.22. The van der Waals surface area contributed by atoms with E-state index in [9.17, 15) is 4.79 Å². The first kappa shape index (κ1) is 14.3. The summed E-state index contributed by atoms with van der Waals surface area (Å²) in [6, 6.07) is 13.4. The summed E-state index contributed by atoms with van der Waals surface area (Å²) in [6.07, 6.45) is 0. The number of halogens is 1. The average molecular weight is 361 g/mol. The Hall–Kier alpha value is -1.65. The zero-order valence-electron chi connectivity index (χ0n) is 11.4. The van der Waals surface area contributed by atoms with E-state index in [2.05, 4.69) is 15.9 Å². The molecular formula is C17H13BrO2S. The second kappa shape index (κ2) is 6.00.